The molecule has 128 valence electrons. The van der Waals surface area contributed by atoms with Crippen LogP contribution in [-0.4, -0.2) is 53.5 Å². The van der Waals surface area contributed by atoms with Crippen LogP contribution in [0, 0.1) is 0 Å². The number of methoxy groups -OCH3 is 1. The Labute approximate surface area is 136 Å². The van der Waals surface area contributed by atoms with Gasteiger partial charge in [0.15, 0.2) is 0 Å². The van der Waals surface area contributed by atoms with Crippen LogP contribution in [0.15, 0.2) is 24.3 Å². The number of rotatable bonds is 7. The molecule has 1 atom stereocenters. The van der Waals surface area contributed by atoms with E-state index in [1.165, 1.54) is 7.11 Å². The molecule has 23 heavy (non-hydrogen) atoms. The lowest BCUT2D eigenvalue weighted by atomic mass is 10.2. The van der Waals surface area contributed by atoms with Crippen LogP contribution in [0.25, 0.3) is 0 Å². The zero-order valence-corrected chi connectivity index (χ0v) is 14.1. The summed E-state index contributed by atoms with van der Waals surface area (Å²) in [6, 6.07) is 6.59. The number of carbonyl (C=O) groups excluding carboxylic acids is 1. The van der Waals surface area contributed by atoms with Crippen LogP contribution in [0.3, 0.4) is 0 Å². The fourth-order valence-electron chi connectivity index (χ4n) is 2.38. The van der Waals surface area contributed by atoms with Gasteiger partial charge in [0.25, 0.3) is 0 Å². The smallest absolute Gasteiger partial charge is 0.240 e. The number of amides is 1. The topological polar surface area (TPSA) is 84.9 Å². The summed E-state index contributed by atoms with van der Waals surface area (Å²) < 4.78 is 35.6. The van der Waals surface area contributed by atoms with Gasteiger partial charge in [0, 0.05) is 19.2 Å². The molecule has 0 saturated carbocycles. The second kappa shape index (κ2) is 7.65. The fraction of sp³-hybridized carbons (Fsp3) is 0.533. The maximum absolute atomic E-state index is 12.1. The molecule has 0 spiro atoms. The number of sulfonamides is 1. The van der Waals surface area contributed by atoms with E-state index in [0.29, 0.717) is 24.6 Å². The van der Waals surface area contributed by atoms with E-state index in [9.17, 15) is 13.2 Å². The Morgan fingerprint density at radius 2 is 2.26 bits per heavy atom. The largest absolute Gasteiger partial charge is 0.497 e. The van der Waals surface area contributed by atoms with Gasteiger partial charge in [-0.15, -0.1) is 0 Å². The van der Waals surface area contributed by atoms with Crippen molar-refractivity contribution in [2.24, 2.45) is 0 Å². The first-order valence-corrected chi connectivity index (χ1v) is 9.25. The maximum atomic E-state index is 12.1. The molecule has 1 aromatic carbocycles. The first-order valence-electron chi connectivity index (χ1n) is 7.40. The first-order chi connectivity index (χ1) is 10.9. The highest BCUT2D eigenvalue weighted by molar-refractivity contribution is 7.92. The molecule has 1 saturated heterocycles. The normalized spacial score (nSPS) is 17.7. The third-order valence-corrected chi connectivity index (χ3v) is 4.72. The number of nitrogens with one attached hydrogen (secondary N) is 1. The molecule has 1 aliphatic heterocycles. The van der Waals surface area contributed by atoms with Crippen LogP contribution < -0.4 is 14.4 Å². The summed E-state index contributed by atoms with van der Waals surface area (Å²) in [4.78, 5) is 12.1. The molecule has 1 N–H and O–H groups in total. The number of ether oxygens (including phenoxy) is 2. The number of anilines is 1. The number of benzene rings is 1. The molecule has 2 rings (SSSR count). The third kappa shape index (κ3) is 5.11. The van der Waals surface area contributed by atoms with E-state index in [0.717, 1.165) is 23.4 Å². The van der Waals surface area contributed by atoms with Gasteiger partial charge in [-0.3, -0.25) is 9.10 Å². The Balaban J connectivity index is 2.04. The molecule has 1 fully saturated rings. The van der Waals surface area contributed by atoms with Crippen LogP contribution in [0.2, 0.25) is 0 Å². The van der Waals surface area contributed by atoms with Crippen LogP contribution >= 0.6 is 0 Å². The molecule has 1 aromatic rings. The average molecular weight is 342 g/mol. The second-order valence-electron chi connectivity index (χ2n) is 5.41. The van der Waals surface area contributed by atoms with Gasteiger partial charge in [-0.05, 0) is 25.0 Å². The monoisotopic (exact) mass is 342 g/mol. The van der Waals surface area contributed by atoms with Crippen LogP contribution in [0.4, 0.5) is 5.69 Å². The van der Waals surface area contributed by atoms with E-state index in [-0.39, 0.29) is 18.6 Å². The minimum atomic E-state index is -3.59. The van der Waals surface area contributed by atoms with Crippen molar-refractivity contribution >= 4 is 21.6 Å². The molecular weight excluding hydrogens is 320 g/mol. The number of nitrogens with zero attached hydrogens (tertiary/aromatic N) is 1. The summed E-state index contributed by atoms with van der Waals surface area (Å²) >= 11 is 0. The SMILES string of the molecule is COc1cccc(N(CC(=O)NC[C@H]2CCCO2)S(C)(=O)=O)c1. The fourth-order valence-corrected chi connectivity index (χ4v) is 3.23. The maximum Gasteiger partial charge on any atom is 0.240 e. The van der Waals surface area contributed by atoms with Gasteiger partial charge in [0.2, 0.25) is 15.9 Å². The van der Waals surface area contributed by atoms with E-state index < -0.39 is 10.0 Å². The van der Waals surface area contributed by atoms with E-state index in [2.05, 4.69) is 5.32 Å². The Morgan fingerprint density at radius 3 is 2.87 bits per heavy atom. The van der Waals surface area contributed by atoms with Crippen molar-refractivity contribution in [2.45, 2.75) is 18.9 Å². The standard InChI is InChI=1S/C15H22N2O5S/c1-21-13-6-3-5-12(9-13)17(23(2,19)20)11-15(18)16-10-14-7-4-8-22-14/h3,5-6,9,14H,4,7-8,10-11H2,1-2H3,(H,16,18)/t14-/m1/s1. The Morgan fingerprint density at radius 1 is 1.48 bits per heavy atom. The Bertz CT molecular complexity index is 641. The molecule has 0 radical (unpaired) electrons. The molecular formula is C15H22N2O5S. The Kier molecular flexibility index (Phi) is 5.84. The van der Waals surface area contributed by atoms with Crippen molar-refractivity contribution < 1.29 is 22.7 Å². The van der Waals surface area contributed by atoms with Gasteiger partial charge >= 0.3 is 0 Å². The van der Waals surface area contributed by atoms with Gasteiger partial charge in [0.1, 0.15) is 12.3 Å². The summed E-state index contributed by atoms with van der Waals surface area (Å²) in [5.74, 6) is 0.157. The number of hydrogen-bond donors (Lipinski definition) is 1. The van der Waals surface area contributed by atoms with E-state index in [1.54, 1.807) is 24.3 Å². The zero-order chi connectivity index (χ0) is 16.9. The Hall–Kier alpha value is -1.80. The highest BCUT2D eigenvalue weighted by Gasteiger charge is 2.22. The van der Waals surface area contributed by atoms with Gasteiger partial charge < -0.3 is 14.8 Å². The highest BCUT2D eigenvalue weighted by Crippen LogP contribution is 2.22. The molecule has 0 unspecified atom stereocenters. The summed E-state index contributed by atoms with van der Waals surface area (Å²) in [6.07, 6.45) is 2.98. The van der Waals surface area contributed by atoms with E-state index >= 15 is 0 Å². The molecule has 1 aliphatic rings. The van der Waals surface area contributed by atoms with Crippen molar-refractivity contribution in [1.82, 2.24) is 5.32 Å². The number of carbonyl (C=O) groups is 1. The zero-order valence-electron chi connectivity index (χ0n) is 13.3. The summed E-state index contributed by atoms with van der Waals surface area (Å²) in [5, 5.41) is 2.72. The molecule has 7 nitrogen and oxygen atoms in total. The second-order valence-corrected chi connectivity index (χ2v) is 7.32. The summed E-state index contributed by atoms with van der Waals surface area (Å²) in [6.45, 7) is 0.826. The third-order valence-electron chi connectivity index (χ3n) is 3.58. The molecule has 0 aromatic heterocycles. The predicted octanol–water partition coefficient (Wildman–Crippen LogP) is 0.756. The van der Waals surface area contributed by atoms with Gasteiger partial charge in [-0.25, -0.2) is 8.42 Å². The first kappa shape index (κ1) is 17.6. The van der Waals surface area contributed by atoms with Crippen LogP contribution in [0.5, 0.6) is 5.75 Å². The van der Waals surface area contributed by atoms with Crippen LogP contribution in [-0.2, 0) is 19.6 Å². The minimum Gasteiger partial charge on any atom is -0.497 e. The molecule has 1 amide bonds. The summed E-state index contributed by atoms with van der Waals surface area (Å²) in [5.41, 5.74) is 0.388. The lowest BCUT2D eigenvalue weighted by Gasteiger charge is -2.22. The van der Waals surface area contributed by atoms with Crippen molar-refractivity contribution in [3.05, 3.63) is 24.3 Å². The van der Waals surface area contributed by atoms with Crippen molar-refractivity contribution in [3.63, 3.8) is 0 Å². The molecule has 8 heteroatoms. The summed E-state index contributed by atoms with van der Waals surface area (Å²) in [7, 11) is -2.09. The van der Waals surface area contributed by atoms with Gasteiger partial charge in [-0.1, -0.05) is 6.07 Å². The lowest BCUT2D eigenvalue weighted by Crippen LogP contribution is -2.42. The van der Waals surface area contributed by atoms with Gasteiger partial charge in [0.05, 0.1) is 25.2 Å². The number of hydrogen-bond acceptors (Lipinski definition) is 5. The molecule has 0 bridgehead atoms. The minimum absolute atomic E-state index is 0.0162. The predicted molar refractivity (Wildman–Crippen MR) is 87.2 cm³/mol. The van der Waals surface area contributed by atoms with Gasteiger partial charge in [-0.2, -0.15) is 0 Å². The quantitative estimate of drug-likeness (QED) is 0.791. The van der Waals surface area contributed by atoms with E-state index in [1.807, 2.05) is 0 Å². The van der Waals surface area contributed by atoms with E-state index in [4.69, 9.17) is 9.47 Å². The van der Waals surface area contributed by atoms with Crippen LogP contribution in [0.1, 0.15) is 12.8 Å². The van der Waals surface area contributed by atoms with Crippen molar-refractivity contribution in [1.29, 1.82) is 0 Å². The molecule has 0 aliphatic carbocycles. The van der Waals surface area contributed by atoms with Crippen molar-refractivity contribution in [2.75, 3.05) is 37.4 Å². The van der Waals surface area contributed by atoms with Crippen molar-refractivity contribution in [3.8, 4) is 5.75 Å². The average Bonchev–Trinajstić information content (AvgIpc) is 3.03. The molecule has 1 heterocycles. The highest BCUT2D eigenvalue weighted by atomic mass is 32.2. The lowest BCUT2D eigenvalue weighted by molar-refractivity contribution is -0.120.